The third-order valence-corrected chi connectivity index (χ3v) is 11.0. The molecule has 11 rings (SSSR count). The first-order valence-electron chi connectivity index (χ1n) is 18.8. The van der Waals surface area contributed by atoms with Gasteiger partial charge in [0.2, 0.25) is 0 Å². The van der Waals surface area contributed by atoms with Crippen LogP contribution in [0, 0.1) is 0 Å². The molecule has 0 unspecified atom stereocenters. The van der Waals surface area contributed by atoms with Crippen molar-refractivity contribution in [3.05, 3.63) is 206 Å². The maximum Gasteiger partial charge on any atom is 0.159 e. The molecule has 0 amide bonds. The summed E-state index contributed by atoms with van der Waals surface area (Å²) in [6, 6.07) is 73.9. The zero-order valence-corrected chi connectivity index (χ0v) is 29.9. The monoisotopic (exact) mass is 702 g/mol. The van der Waals surface area contributed by atoms with E-state index in [1.54, 1.807) is 0 Å². The Morgan fingerprint density at radius 2 is 0.945 bits per heavy atom. The van der Waals surface area contributed by atoms with E-state index in [9.17, 15) is 0 Å². The van der Waals surface area contributed by atoms with E-state index in [0.717, 1.165) is 66.8 Å². The molecule has 0 atom stereocenters. The summed E-state index contributed by atoms with van der Waals surface area (Å²) in [5.74, 6) is 0. The Kier molecular flexibility index (Phi) is 7.17. The van der Waals surface area contributed by atoms with Gasteiger partial charge in [-0.1, -0.05) is 164 Å². The van der Waals surface area contributed by atoms with Crippen LogP contribution >= 0.6 is 0 Å². The standard InChI is InChI=1S/C52H34N2O/c1-2-17-36(18-3-1)38-22-6-10-28-44(38)54(49-33-15-27-42-41-24-9-13-34-50(41)55-52(42)49)48-32-16-31-47-51(48)43-25-8-12-30-46(43)53(47)45-29-11-7-23-40(45)39-26-14-20-35-19-4-5-21-37(35)39/h1-34H. The van der Waals surface area contributed by atoms with E-state index in [1.807, 2.05) is 6.07 Å². The summed E-state index contributed by atoms with van der Waals surface area (Å²) in [6.45, 7) is 0. The van der Waals surface area contributed by atoms with Crippen molar-refractivity contribution in [3.8, 4) is 27.9 Å². The molecule has 3 nitrogen and oxygen atoms in total. The van der Waals surface area contributed by atoms with Gasteiger partial charge in [-0.25, -0.2) is 0 Å². The fourth-order valence-electron chi connectivity index (χ4n) is 8.63. The number of hydrogen-bond donors (Lipinski definition) is 0. The molecular weight excluding hydrogens is 669 g/mol. The summed E-state index contributed by atoms with van der Waals surface area (Å²) < 4.78 is 9.23. The summed E-state index contributed by atoms with van der Waals surface area (Å²) in [5.41, 5.74) is 13.0. The Morgan fingerprint density at radius 3 is 1.85 bits per heavy atom. The van der Waals surface area contributed by atoms with Crippen LogP contribution in [0.4, 0.5) is 17.1 Å². The average Bonchev–Trinajstić information content (AvgIpc) is 3.81. The molecule has 9 aromatic carbocycles. The highest BCUT2D eigenvalue weighted by atomic mass is 16.3. The van der Waals surface area contributed by atoms with Crippen molar-refractivity contribution in [2.75, 3.05) is 4.90 Å². The van der Waals surface area contributed by atoms with Gasteiger partial charge in [0.05, 0.1) is 33.8 Å². The first-order chi connectivity index (χ1) is 27.3. The van der Waals surface area contributed by atoms with E-state index in [2.05, 4.69) is 210 Å². The Labute approximate surface area is 318 Å². The molecule has 2 heterocycles. The van der Waals surface area contributed by atoms with Crippen molar-refractivity contribution in [2.45, 2.75) is 0 Å². The molecule has 0 aliphatic heterocycles. The van der Waals surface area contributed by atoms with Gasteiger partial charge in [-0.15, -0.1) is 0 Å². The zero-order valence-electron chi connectivity index (χ0n) is 29.9. The normalized spacial score (nSPS) is 11.6. The van der Waals surface area contributed by atoms with Crippen LogP contribution in [0.5, 0.6) is 0 Å². The molecule has 0 radical (unpaired) electrons. The van der Waals surface area contributed by atoms with Crippen molar-refractivity contribution in [2.24, 2.45) is 0 Å². The third kappa shape index (κ3) is 4.91. The quantitative estimate of drug-likeness (QED) is 0.172. The molecule has 0 spiro atoms. The number of fused-ring (bicyclic) bond motifs is 7. The van der Waals surface area contributed by atoms with Crippen LogP contribution in [-0.2, 0) is 0 Å². The van der Waals surface area contributed by atoms with Gasteiger partial charge in [-0.05, 0) is 64.4 Å². The number of anilines is 3. The van der Waals surface area contributed by atoms with Crippen LogP contribution in [0.3, 0.4) is 0 Å². The highest BCUT2D eigenvalue weighted by Gasteiger charge is 2.26. The maximum atomic E-state index is 6.78. The summed E-state index contributed by atoms with van der Waals surface area (Å²) in [4.78, 5) is 2.42. The Bertz CT molecular complexity index is 3220. The van der Waals surface area contributed by atoms with Crippen molar-refractivity contribution >= 4 is 71.6 Å². The Morgan fingerprint density at radius 1 is 0.364 bits per heavy atom. The number of nitrogens with zero attached hydrogens (tertiary/aromatic N) is 2. The predicted octanol–water partition coefficient (Wildman–Crippen LogP) is 14.6. The fraction of sp³-hybridized carbons (Fsp3) is 0. The fourth-order valence-corrected chi connectivity index (χ4v) is 8.63. The number of benzene rings is 9. The second kappa shape index (κ2) is 12.6. The van der Waals surface area contributed by atoms with E-state index in [1.165, 1.54) is 32.7 Å². The Balaban J connectivity index is 1.24. The van der Waals surface area contributed by atoms with Crippen LogP contribution in [0.25, 0.3) is 82.5 Å². The number of rotatable bonds is 6. The highest BCUT2D eigenvalue weighted by Crippen LogP contribution is 2.49. The first kappa shape index (κ1) is 31.2. The summed E-state index contributed by atoms with van der Waals surface area (Å²) in [7, 11) is 0. The van der Waals surface area contributed by atoms with E-state index < -0.39 is 0 Å². The van der Waals surface area contributed by atoms with Crippen LogP contribution in [0.1, 0.15) is 0 Å². The predicted molar refractivity (Wildman–Crippen MR) is 231 cm³/mol. The minimum atomic E-state index is 0.855. The topological polar surface area (TPSA) is 21.3 Å². The Hall–Kier alpha value is -7.36. The van der Waals surface area contributed by atoms with E-state index >= 15 is 0 Å². The molecule has 3 heteroatoms. The SMILES string of the molecule is c1ccc(-c2ccccc2N(c2cccc3c2oc2ccccc23)c2cccc3c2c2ccccc2n3-c2ccccc2-c2cccc3ccccc23)cc1. The van der Waals surface area contributed by atoms with Crippen LogP contribution in [-0.4, -0.2) is 4.57 Å². The minimum Gasteiger partial charge on any atom is -0.454 e. The molecule has 11 aromatic rings. The minimum absolute atomic E-state index is 0.855. The van der Waals surface area contributed by atoms with Gasteiger partial charge in [-0.2, -0.15) is 0 Å². The van der Waals surface area contributed by atoms with Gasteiger partial charge in [0.1, 0.15) is 5.58 Å². The van der Waals surface area contributed by atoms with E-state index in [4.69, 9.17) is 4.42 Å². The smallest absolute Gasteiger partial charge is 0.159 e. The van der Waals surface area contributed by atoms with Crippen LogP contribution in [0.2, 0.25) is 0 Å². The van der Waals surface area contributed by atoms with Crippen molar-refractivity contribution in [3.63, 3.8) is 0 Å². The van der Waals surface area contributed by atoms with Gasteiger partial charge in [0.25, 0.3) is 0 Å². The lowest BCUT2D eigenvalue weighted by molar-refractivity contribution is 0.669. The second-order valence-electron chi connectivity index (χ2n) is 14.0. The highest BCUT2D eigenvalue weighted by molar-refractivity contribution is 6.19. The molecule has 0 saturated heterocycles. The lowest BCUT2D eigenvalue weighted by Gasteiger charge is -2.28. The first-order valence-corrected chi connectivity index (χ1v) is 18.8. The lowest BCUT2D eigenvalue weighted by Crippen LogP contribution is -2.12. The molecule has 0 saturated carbocycles. The van der Waals surface area contributed by atoms with E-state index in [0.29, 0.717) is 0 Å². The molecule has 2 aromatic heterocycles. The molecule has 258 valence electrons. The second-order valence-corrected chi connectivity index (χ2v) is 14.0. The lowest BCUT2D eigenvalue weighted by atomic mass is 9.97. The van der Waals surface area contributed by atoms with Gasteiger partial charge in [0, 0.05) is 32.7 Å². The summed E-state index contributed by atoms with van der Waals surface area (Å²) in [5, 5.41) is 7.01. The number of furan rings is 1. The third-order valence-electron chi connectivity index (χ3n) is 11.0. The van der Waals surface area contributed by atoms with Gasteiger partial charge in [0.15, 0.2) is 5.58 Å². The molecule has 0 aliphatic rings. The number of para-hydroxylation sites is 5. The maximum absolute atomic E-state index is 6.78. The van der Waals surface area contributed by atoms with Crippen molar-refractivity contribution in [1.29, 1.82) is 0 Å². The van der Waals surface area contributed by atoms with Crippen molar-refractivity contribution in [1.82, 2.24) is 4.57 Å². The van der Waals surface area contributed by atoms with Crippen LogP contribution < -0.4 is 4.90 Å². The number of hydrogen-bond acceptors (Lipinski definition) is 2. The molecule has 0 fully saturated rings. The summed E-state index contributed by atoms with van der Waals surface area (Å²) in [6.07, 6.45) is 0. The molecule has 0 N–H and O–H groups in total. The molecule has 0 bridgehead atoms. The van der Waals surface area contributed by atoms with Gasteiger partial charge < -0.3 is 13.9 Å². The number of aromatic nitrogens is 1. The van der Waals surface area contributed by atoms with Gasteiger partial charge in [-0.3, -0.25) is 0 Å². The van der Waals surface area contributed by atoms with Crippen molar-refractivity contribution < 1.29 is 4.42 Å². The van der Waals surface area contributed by atoms with Crippen LogP contribution in [0.15, 0.2) is 211 Å². The van der Waals surface area contributed by atoms with E-state index in [-0.39, 0.29) is 0 Å². The molecule has 55 heavy (non-hydrogen) atoms. The van der Waals surface area contributed by atoms with Gasteiger partial charge >= 0.3 is 0 Å². The molecule has 0 aliphatic carbocycles. The largest absolute Gasteiger partial charge is 0.454 e. The summed E-state index contributed by atoms with van der Waals surface area (Å²) >= 11 is 0. The average molecular weight is 703 g/mol. The zero-order chi connectivity index (χ0) is 36.3. The molecular formula is C52H34N2O.